The average Bonchev–Trinajstić information content (AvgIpc) is 2.27. The van der Waals surface area contributed by atoms with Crippen LogP contribution in [0.1, 0.15) is 18.1 Å². The molecule has 1 aromatic carbocycles. The number of hydrogen-bond acceptors (Lipinski definition) is 3. The summed E-state index contributed by atoms with van der Waals surface area (Å²) < 4.78 is 0. The topological polar surface area (TPSA) is 49.4 Å². The number of carbonyl (C=O) groups is 2. The Kier molecular flexibility index (Phi) is 2.88. The van der Waals surface area contributed by atoms with Gasteiger partial charge in [0.15, 0.2) is 0 Å². The molecular weight excluding hydrogens is 216 g/mol. The molecule has 4 nitrogen and oxygen atoms in total. The van der Waals surface area contributed by atoms with Crippen molar-refractivity contribution in [3.8, 4) is 0 Å². The monoisotopic (exact) mass is 232 g/mol. The Morgan fingerprint density at radius 3 is 2.59 bits per heavy atom. The van der Waals surface area contributed by atoms with Crippen LogP contribution in [0.4, 0.5) is 5.69 Å². The van der Waals surface area contributed by atoms with Crippen molar-refractivity contribution in [2.45, 2.75) is 26.8 Å². The Hall–Kier alpha value is -1.84. The standard InChI is InChI=1S/C13H16N2O2/c1-8-4-5-11(6-9(8)2)15-7-12(16)14-13(17)10(15)3/h4-6,10H,7H2,1-3H3,(H,14,16,17). The largest absolute Gasteiger partial charge is 0.350 e. The summed E-state index contributed by atoms with van der Waals surface area (Å²) in [6.07, 6.45) is 0. The van der Waals surface area contributed by atoms with Gasteiger partial charge in [0.2, 0.25) is 11.8 Å². The first-order chi connectivity index (χ1) is 7.99. The molecule has 0 spiro atoms. The summed E-state index contributed by atoms with van der Waals surface area (Å²) in [5, 5.41) is 2.34. The van der Waals surface area contributed by atoms with E-state index in [0.717, 1.165) is 11.3 Å². The number of hydrogen-bond donors (Lipinski definition) is 1. The minimum Gasteiger partial charge on any atom is -0.350 e. The third kappa shape index (κ3) is 2.16. The van der Waals surface area contributed by atoms with E-state index in [2.05, 4.69) is 5.32 Å². The van der Waals surface area contributed by atoms with E-state index in [1.54, 1.807) is 6.92 Å². The van der Waals surface area contributed by atoms with Gasteiger partial charge < -0.3 is 4.90 Å². The maximum absolute atomic E-state index is 11.6. The number of carbonyl (C=O) groups excluding carboxylic acids is 2. The summed E-state index contributed by atoms with van der Waals surface area (Å²) in [7, 11) is 0. The predicted octanol–water partition coefficient (Wildman–Crippen LogP) is 1.15. The van der Waals surface area contributed by atoms with E-state index in [-0.39, 0.29) is 24.4 Å². The SMILES string of the molecule is Cc1ccc(N2CC(=O)NC(=O)C2C)cc1C. The van der Waals surface area contributed by atoms with Crippen molar-refractivity contribution in [2.75, 3.05) is 11.4 Å². The molecule has 0 aliphatic carbocycles. The van der Waals surface area contributed by atoms with Crippen LogP contribution < -0.4 is 10.2 Å². The second-order valence-electron chi connectivity index (χ2n) is 4.48. The van der Waals surface area contributed by atoms with Gasteiger partial charge in [-0.2, -0.15) is 0 Å². The minimum absolute atomic E-state index is 0.232. The van der Waals surface area contributed by atoms with Crippen molar-refractivity contribution < 1.29 is 9.59 Å². The van der Waals surface area contributed by atoms with Crippen molar-refractivity contribution in [1.82, 2.24) is 5.32 Å². The Bertz CT molecular complexity index is 482. The first-order valence-corrected chi connectivity index (χ1v) is 5.66. The first-order valence-electron chi connectivity index (χ1n) is 5.66. The van der Waals surface area contributed by atoms with Crippen LogP contribution in [0.3, 0.4) is 0 Å². The highest BCUT2D eigenvalue weighted by Crippen LogP contribution is 2.22. The normalized spacial score (nSPS) is 20.4. The smallest absolute Gasteiger partial charge is 0.249 e. The van der Waals surface area contributed by atoms with Crippen LogP contribution in [0.15, 0.2) is 18.2 Å². The van der Waals surface area contributed by atoms with E-state index in [1.807, 2.05) is 36.9 Å². The molecule has 1 aliphatic rings. The molecule has 0 bridgehead atoms. The fourth-order valence-corrected chi connectivity index (χ4v) is 1.93. The summed E-state index contributed by atoms with van der Waals surface area (Å²) >= 11 is 0. The van der Waals surface area contributed by atoms with Crippen LogP contribution in [0.5, 0.6) is 0 Å². The van der Waals surface area contributed by atoms with Gasteiger partial charge in [0.05, 0.1) is 6.54 Å². The summed E-state index contributed by atoms with van der Waals surface area (Å²) in [5.74, 6) is -0.481. The molecule has 0 radical (unpaired) electrons. The predicted molar refractivity (Wildman–Crippen MR) is 65.9 cm³/mol. The Morgan fingerprint density at radius 2 is 1.94 bits per heavy atom. The summed E-state index contributed by atoms with van der Waals surface area (Å²) in [4.78, 5) is 24.8. The van der Waals surface area contributed by atoms with Crippen LogP contribution in [0.2, 0.25) is 0 Å². The van der Waals surface area contributed by atoms with Gasteiger partial charge in [-0.05, 0) is 44.0 Å². The molecule has 1 heterocycles. The molecule has 1 aliphatic heterocycles. The molecule has 0 aromatic heterocycles. The molecule has 1 N–H and O–H groups in total. The second kappa shape index (κ2) is 4.20. The van der Waals surface area contributed by atoms with Crippen LogP contribution in [0.25, 0.3) is 0 Å². The molecule has 90 valence electrons. The van der Waals surface area contributed by atoms with Crippen LogP contribution >= 0.6 is 0 Å². The minimum atomic E-state index is -0.310. The number of nitrogens with one attached hydrogen (secondary N) is 1. The first kappa shape index (κ1) is 11.6. The highest BCUT2D eigenvalue weighted by atomic mass is 16.2. The number of benzene rings is 1. The van der Waals surface area contributed by atoms with Gasteiger partial charge in [-0.25, -0.2) is 0 Å². The quantitative estimate of drug-likeness (QED) is 0.739. The molecule has 1 saturated heterocycles. The molecule has 1 fully saturated rings. The third-order valence-electron chi connectivity index (χ3n) is 3.25. The molecule has 1 unspecified atom stereocenters. The second-order valence-corrected chi connectivity index (χ2v) is 4.48. The van der Waals surface area contributed by atoms with Gasteiger partial charge in [-0.3, -0.25) is 14.9 Å². The number of piperazine rings is 1. The van der Waals surface area contributed by atoms with E-state index < -0.39 is 0 Å². The summed E-state index contributed by atoms with van der Waals surface area (Å²) in [5.41, 5.74) is 3.28. The van der Waals surface area contributed by atoms with Crippen molar-refractivity contribution >= 4 is 17.5 Å². The molecular formula is C13H16N2O2. The lowest BCUT2D eigenvalue weighted by Gasteiger charge is -2.33. The zero-order valence-corrected chi connectivity index (χ0v) is 10.3. The van der Waals surface area contributed by atoms with E-state index in [9.17, 15) is 9.59 Å². The molecule has 1 aromatic rings. The molecule has 2 amide bonds. The van der Waals surface area contributed by atoms with Crippen molar-refractivity contribution in [1.29, 1.82) is 0 Å². The van der Waals surface area contributed by atoms with Crippen LogP contribution in [-0.2, 0) is 9.59 Å². The average molecular weight is 232 g/mol. The lowest BCUT2D eigenvalue weighted by atomic mass is 10.1. The highest BCUT2D eigenvalue weighted by molar-refractivity contribution is 6.04. The van der Waals surface area contributed by atoms with E-state index >= 15 is 0 Å². The maximum atomic E-state index is 11.6. The Balaban J connectivity index is 2.34. The van der Waals surface area contributed by atoms with Crippen molar-refractivity contribution in [3.63, 3.8) is 0 Å². The number of anilines is 1. The number of rotatable bonds is 1. The van der Waals surface area contributed by atoms with E-state index in [0.29, 0.717) is 0 Å². The fourth-order valence-electron chi connectivity index (χ4n) is 1.93. The molecule has 2 rings (SSSR count). The van der Waals surface area contributed by atoms with Crippen LogP contribution in [0, 0.1) is 13.8 Å². The molecule has 0 saturated carbocycles. The van der Waals surface area contributed by atoms with Gasteiger partial charge >= 0.3 is 0 Å². The zero-order chi connectivity index (χ0) is 12.6. The molecule has 17 heavy (non-hydrogen) atoms. The summed E-state index contributed by atoms with van der Waals surface area (Å²) in [6.45, 7) is 6.10. The Labute approximate surface area is 101 Å². The Morgan fingerprint density at radius 1 is 1.24 bits per heavy atom. The van der Waals surface area contributed by atoms with Gasteiger partial charge in [0.1, 0.15) is 6.04 Å². The van der Waals surface area contributed by atoms with Crippen molar-refractivity contribution in [3.05, 3.63) is 29.3 Å². The van der Waals surface area contributed by atoms with Crippen LogP contribution in [-0.4, -0.2) is 24.4 Å². The number of amides is 2. The molecule has 4 heteroatoms. The fraction of sp³-hybridized carbons (Fsp3) is 0.385. The molecule has 1 atom stereocenters. The van der Waals surface area contributed by atoms with E-state index in [1.165, 1.54) is 5.56 Å². The highest BCUT2D eigenvalue weighted by Gasteiger charge is 2.30. The van der Waals surface area contributed by atoms with Gasteiger partial charge in [0, 0.05) is 5.69 Å². The maximum Gasteiger partial charge on any atom is 0.249 e. The number of imide groups is 1. The number of aryl methyl sites for hydroxylation is 2. The van der Waals surface area contributed by atoms with Crippen molar-refractivity contribution in [2.24, 2.45) is 0 Å². The third-order valence-corrected chi connectivity index (χ3v) is 3.25. The van der Waals surface area contributed by atoms with E-state index in [4.69, 9.17) is 0 Å². The zero-order valence-electron chi connectivity index (χ0n) is 10.3. The van der Waals surface area contributed by atoms with Gasteiger partial charge in [0.25, 0.3) is 0 Å². The lowest BCUT2D eigenvalue weighted by molar-refractivity contribution is -0.132. The van der Waals surface area contributed by atoms with Gasteiger partial charge in [-0.1, -0.05) is 6.07 Å². The summed E-state index contributed by atoms with van der Waals surface area (Å²) in [6, 6.07) is 5.66. The van der Waals surface area contributed by atoms with Gasteiger partial charge in [-0.15, -0.1) is 0 Å². The lowest BCUT2D eigenvalue weighted by Crippen LogP contribution is -2.57. The number of nitrogens with zero attached hydrogens (tertiary/aromatic N) is 1.